The van der Waals surface area contributed by atoms with Crippen LogP contribution in [-0.2, 0) is 6.54 Å². The van der Waals surface area contributed by atoms with Crippen LogP contribution in [0.4, 0.5) is 4.39 Å². The van der Waals surface area contributed by atoms with E-state index in [0.29, 0.717) is 0 Å². The molecule has 142 valence electrons. The number of amides is 1. The molecule has 0 bridgehead atoms. The summed E-state index contributed by atoms with van der Waals surface area (Å²) in [5.41, 5.74) is 1.66. The average Bonchev–Trinajstić information content (AvgIpc) is 3.02. The van der Waals surface area contributed by atoms with E-state index < -0.39 is 17.3 Å². The van der Waals surface area contributed by atoms with E-state index in [1.165, 1.54) is 12.1 Å². The predicted molar refractivity (Wildman–Crippen MR) is 105 cm³/mol. The second kappa shape index (κ2) is 6.67. The van der Waals surface area contributed by atoms with Crippen molar-refractivity contribution in [2.45, 2.75) is 12.6 Å². The Morgan fingerprint density at radius 2 is 1.86 bits per heavy atom. The van der Waals surface area contributed by atoms with Crippen molar-refractivity contribution in [1.82, 2.24) is 9.88 Å². The topological polar surface area (TPSA) is 63.4 Å². The maximum atomic E-state index is 13.8. The molecular formula is C23H15FN2O3. The summed E-state index contributed by atoms with van der Waals surface area (Å²) >= 11 is 0. The van der Waals surface area contributed by atoms with Gasteiger partial charge in [0, 0.05) is 18.9 Å². The van der Waals surface area contributed by atoms with Gasteiger partial charge >= 0.3 is 0 Å². The third kappa shape index (κ3) is 2.81. The van der Waals surface area contributed by atoms with Crippen molar-refractivity contribution >= 4 is 16.9 Å². The van der Waals surface area contributed by atoms with Crippen LogP contribution in [0.15, 0.2) is 82.3 Å². The summed E-state index contributed by atoms with van der Waals surface area (Å²) in [4.78, 5) is 32.2. The highest BCUT2D eigenvalue weighted by atomic mass is 19.1. The van der Waals surface area contributed by atoms with Crippen LogP contribution in [0.5, 0.6) is 0 Å². The molecule has 5 rings (SSSR count). The first-order valence-electron chi connectivity index (χ1n) is 9.14. The maximum Gasteiger partial charge on any atom is 0.291 e. The number of hydrogen-bond donors (Lipinski definition) is 0. The number of carbonyl (C=O) groups is 1. The van der Waals surface area contributed by atoms with Crippen molar-refractivity contribution in [3.63, 3.8) is 0 Å². The molecule has 1 aliphatic heterocycles. The number of halogens is 1. The van der Waals surface area contributed by atoms with Crippen molar-refractivity contribution in [3.8, 4) is 0 Å². The highest BCUT2D eigenvalue weighted by Crippen LogP contribution is 2.38. The van der Waals surface area contributed by atoms with Crippen LogP contribution in [-0.4, -0.2) is 15.8 Å². The van der Waals surface area contributed by atoms with Gasteiger partial charge in [0.2, 0.25) is 5.76 Å². The molecule has 0 saturated carbocycles. The smallest absolute Gasteiger partial charge is 0.291 e. The van der Waals surface area contributed by atoms with Crippen molar-refractivity contribution in [2.24, 2.45) is 0 Å². The number of aromatic nitrogens is 1. The molecule has 0 fully saturated rings. The molecule has 3 heterocycles. The number of rotatable bonds is 3. The molecule has 0 aliphatic carbocycles. The third-order valence-electron chi connectivity index (χ3n) is 5.12. The van der Waals surface area contributed by atoms with E-state index in [1.807, 2.05) is 36.4 Å². The molecular weight excluding hydrogens is 371 g/mol. The van der Waals surface area contributed by atoms with Crippen LogP contribution < -0.4 is 5.43 Å². The summed E-state index contributed by atoms with van der Waals surface area (Å²) < 4.78 is 19.6. The fourth-order valence-corrected chi connectivity index (χ4v) is 3.83. The number of pyridine rings is 1. The molecule has 0 saturated heterocycles. The minimum absolute atomic E-state index is 0.00634. The Labute approximate surface area is 165 Å². The Kier molecular flexibility index (Phi) is 3.98. The van der Waals surface area contributed by atoms with Gasteiger partial charge in [0.25, 0.3) is 5.91 Å². The zero-order valence-corrected chi connectivity index (χ0v) is 15.2. The lowest BCUT2D eigenvalue weighted by molar-refractivity contribution is 0.0714. The molecule has 2 aromatic heterocycles. The summed E-state index contributed by atoms with van der Waals surface area (Å²) in [6.45, 7) is 0.264. The van der Waals surface area contributed by atoms with Crippen LogP contribution in [0.25, 0.3) is 11.0 Å². The van der Waals surface area contributed by atoms with Gasteiger partial charge in [0.05, 0.1) is 17.0 Å². The zero-order valence-electron chi connectivity index (χ0n) is 15.2. The first-order chi connectivity index (χ1) is 14.1. The predicted octanol–water partition coefficient (Wildman–Crippen LogP) is 4.07. The molecule has 4 aromatic rings. The van der Waals surface area contributed by atoms with Gasteiger partial charge in [-0.1, -0.05) is 36.4 Å². The van der Waals surface area contributed by atoms with Gasteiger partial charge < -0.3 is 9.32 Å². The van der Waals surface area contributed by atoms with Crippen molar-refractivity contribution < 1.29 is 13.6 Å². The number of benzene rings is 2. The van der Waals surface area contributed by atoms with E-state index in [9.17, 15) is 14.0 Å². The van der Waals surface area contributed by atoms with Gasteiger partial charge in [0.15, 0.2) is 5.43 Å². The van der Waals surface area contributed by atoms with E-state index in [2.05, 4.69) is 4.98 Å². The van der Waals surface area contributed by atoms with Crippen molar-refractivity contribution in [3.05, 3.63) is 112 Å². The molecule has 29 heavy (non-hydrogen) atoms. The minimum atomic E-state index is -0.622. The quantitative estimate of drug-likeness (QED) is 0.532. The fraction of sp³-hybridized carbons (Fsp3) is 0.0870. The van der Waals surface area contributed by atoms with Gasteiger partial charge in [-0.3, -0.25) is 14.6 Å². The second-order valence-corrected chi connectivity index (χ2v) is 6.92. The van der Waals surface area contributed by atoms with Gasteiger partial charge in [-0.15, -0.1) is 0 Å². The third-order valence-corrected chi connectivity index (χ3v) is 5.12. The average molecular weight is 386 g/mol. The lowest BCUT2D eigenvalue weighted by atomic mass is 9.98. The Morgan fingerprint density at radius 3 is 2.62 bits per heavy atom. The zero-order chi connectivity index (χ0) is 20.0. The highest BCUT2D eigenvalue weighted by molar-refractivity contribution is 5.99. The first kappa shape index (κ1) is 17.3. The fourth-order valence-electron chi connectivity index (χ4n) is 3.83. The molecule has 0 radical (unpaired) electrons. The van der Waals surface area contributed by atoms with E-state index in [-0.39, 0.29) is 34.7 Å². The number of fused-ring (bicyclic) bond motifs is 2. The molecule has 6 heteroatoms. The monoisotopic (exact) mass is 386 g/mol. The minimum Gasteiger partial charge on any atom is -0.450 e. The van der Waals surface area contributed by atoms with Gasteiger partial charge in [-0.25, -0.2) is 4.39 Å². The van der Waals surface area contributed by atoms with Crippen molar-refractivity contribution in [2.75, 3.05) is 0 Å². The summed E-state index contributed by atoms with van der Waals surface area (Å²) in [7, 11) is 0. The SMILES string of the molecule is O=C1c2oc3ccc(F)cc3c(=O)c2[C@H](c2ccccc2)N1Cc1cccnc1. The van der Waals surface area contributed by atoms with E-state index in [1.54, 1.807) is 23.4 Å². The second-order valence-electron chi connectivity index (χ2n) is 6.92. The highest BCUT2D eigenvalue weighted by Gasteiger charge is 2.42. The van der Waals surface area contributed by atoms with Crippen LogP contribution >= 0.6 is 0 Å². The summed E-state index contributed by atoms with van der Waals surface area (Å²) in [6, 6.07) is 16.1. The molecule has 0 spiro atoms. The first-order valence-corrected chi connectivity index (χ1v) is 9.14. The summed E-state index contributed by atoms with van der Waals surface area (Å²) in [5.74, 6) is -0.898. The summed E-state index contributed by atoms with van der Waals surface area (Å²) in [5, 5.41) is 0.126. The normalized spacial score (nSPS) is 15.7. The molecule has 1 amide bonds. The number of nitrogens with zero attached hydrogens (tertiary/aromatic N) is 2. The molecule has 0 unspecified atom stereocenters. The van der Waals surface area contributed by atoms with Gasteiger partial charge in [-0.2, -0.15) is 0 Å². The Bertz CT molecular complexity index is 1290. The largest absolute Gasteiger partial charge is 0.450 e. The molecule has 1 atom stereocenters. The van der Waals surface area contributed by atoms with Crippen LogP contribution in [0.2, 0.25) is 0 Å². The Balaban J connectivity index is 1.74. The molecule has 2 aromatic carbocycles. The van der Waals surface area contributed by atoms with E-state index in [4.69, 9.17) is 4.42 Å². The van der Waals surface area contributed by atoms with Crippen LogP contribution in [0.1, 0.15) is 33.3 Å². The Hall–Kier alpha value is -3.80. The molecule has 5 nitrogen and oxygen atoms in total. The number of carbonyl (C=O) groups excluding carboxylic acids is 1. The van der Waals surface area contributed by atoms with Gasteiger partial charge in [-0.05, 0) is 35.4 Å². The van der Waals surface area contributed by atoms with E-state index in [0.717, 1.165) is 17.2 Å². The van der Waals surface area contributed by atoms with E-state index >= 15 is 0 Å². The maximum absolute atomic E-state index is 13.8. The molecule has 0 N–H and O–H groups in total. The number of hydrogen-bond acceptors (Lipinski definition) is 4. The van der Waals surface area contributed by atoms with Gasteiger partial charge in [0.1, 0.15) is 11.4 Å². The van der Waals surface area contributed by atoms with Crippen molar-refractivity contribution in [1.29, 1.82) is 0 Å². The van der Waals surface area contributed by atoms with Crippen LogP contribution in [0.3, 0.4) is 0 Å². The lowest BCUT2D eigenvalue weighted by Gasteiger charge is -2.25. The van der Waals surface area contributed by atoms with Crippen LogP contribution in [0, 0.1) is 5.82 Å². The molecule has 1 aliphatic rings. The standard InChI is InChI=1S/C23H15FN2O3/c24-16-8-9-18-17(11-16)21(27)19-20(15-6-2-1-3-7-15)26(23(28)22(19)29-18)13-14-5-4-10-25-12-14/h1-12,20H,13H2/t20-/m0/s1. The Morgan fingerprint density at radius 1 is 1.03 bits per heavy atom. The lowest BCUT2D eigenvalue weighted by Crippen LogP contribution is -2.29. The summed E-state index contributed by atoms with van der Waals surface area (Å²) in [6.07, 6.45) is 3.34.